The highest BCUT2D eigenvalue weighted by atomic mass is 28.3. The normalized spacial score (nSPS) is 12.5. The summed E-state index contributed by atoms with van der Waals surface area (Å²) in [6, 6.07) is 5.06. The Balaban J connectivity index is 2.17. The van der Waals surface area contributed by atoms with Gasteiger partial charge in [0.15, 0.2) is 0 Å². The van der Waals surface area contributed by atoms with E-state index < -0.39 is 8.07 Å². The zero-order chi connectivity index (χ0) is 16.2. The van der Waals surface area contributed by atoms with E-state index in [9.17, 15) is 0 Å². The van der Waals surface area contributed by atoms with Gasteiger partial charge in [0.2, 0.25) is 0 Å². The van der Waals surface area contributed by atoms with Gasteiger partial charge in [0.25, 0.3) is 0 Å². The maximum atomic E-state index is 9.11. The Labute approximate surface area is 131 Å². The second kappa shape index (κ2) is 6.73. The van der Waals surface area contributed by atoms with Gasteiger partial charge in [-0.25, -0.2) is 9.97 Å². The molecule has 116 valence electrons. The van der Waals surface area contributed by atoms with E-state index in [4.69, 9.17) is 15.7 Å². The van der Waals surface area contributed by atoms with Crippen molar-refractivity contribution in [3.8, 4) is 6.07 Å². The molecule has 0 amide bonds. The van der Waals surface area contributed by atoms with Gasteiger partial charge in [-0.2, -0.15) is 5.26 Å². The van der Waals surface area contributed by atoms with Gasteiger partial charge in [0, 0.05) is 32.5 Å². The molecule has 0 fully saturated rings. The summed E-state index contributed by atoms with van der Waals surface area (Å²) < 4.78 is 7.66. The molecule has 0 saturated heterocycles. The molecule has 6 nitrogen and oxygen atoms in total. The molecule has 0 aliphatic carbocycles. The van der Waals surface area contributed by atoms with Crippen molar-refractivity contribution in [2.24, 2.45) is 5.73 Å². The van der Waals surface area contributed by atoms with Gasteiger partial charge in [-0.05, 0) is 12.1 Å². The lowest BCUT2D eigenvalue weighted by molar-refractivity contribution is 0.0899. The van der Waals surface area contributed by atoms with E-state index in [0.717, 1.165) is 23.7 Å². The van der Waals surface area contributed by atoms with Crippen molar-refractivity contribution < 1.29 is 4.74 Å². The molecule has 2 aromatic heterocycles. The Kier molecular flexibility index (Phi) is 4.95. The van der Waals surface area contributed by atoms with Crippen molar-refractivity contribution in [1.29, 1.82) is 5.26 Å². The first-order valence-electron chi connectivity index (χ1n) is 7.16. The molecular formula is C15H21N5OSi. The fourth-order valence-corrected chi connectivity index (χ4v) is 2.79. The van der Waals surface area contributed by atoms with Crippen LogP contribution < -0.4 is 5.73 Å². The third-order valence-electron chi connectivity index (χ3n) is 3.33. The van der Waals surface area contributed by atoms with Gasteiger partial charge in [0.1, 0.15) is 24.8 Å². The van der Waals surface area contributed by atoms with Crippen molar-refractivity contribution in [2.45, 2.75) is 32.4 Å². The number of hydrogen-bond donors (Lipinski definition) is 1. The monoisotopic (exact) mass is 315 g/mol. The summed E-state index contributed by atoms with van der Waals surface area (Å²) in [5.74, 6) is 0. The van der Waals surface area contributed by atoms with Crippen molar-refractivity contribution in [3.63, 3.8) is 0 Å². The molecule has 2 aromatic rings. The maximum absolute atomic E-state index is 9.11. The Morgan fingerprint density at radius 3 is 2.86 bits per heavy atom. The van der Waals surface area contributed by atoms with Crippen LogP contribution in [-0.4, -0.2) is 29.2 Å². The van der Waals surface area contributed by atoms with Crippen LogP contribution in [0.3, 0.4) is 0 Å². The summed E-state index contributed by atoms with van der Waals surface area (Å²) in [5, 5.41) is 9.91. The summed E-state index contributed by atoms with van der Waals surface area (Å²) in [6.07, 6.45) is 4.60. The van der Waals surface area contributed by atoms with E-state index in [-0.39, 0.29) is 0 Å². The molecule has 2 heterocycles. The van der Waals surface area contributed by atoms with E-state index in [0.29, 0.717) is 18.0 Å². The SMILES string of the molecule is C[Si](C)(C)CCOCn1ccc2c(/C(C#N)=C\N)ncnc21. The molecule has 2 N–H and O–H groups in total. The predicted octanol–water partition coefficient (Wildman–Crippen LogP) is 2.57. The summed E-state index contributed by atoms with van der Waals surface area (Å²) in [4.78, 5) is 8.44. The lowest BCUT2D eigenvalue weighted by Gasteiger charge is -2.15. The fourth-order valence-electron chi connectivity index (χ4n) is 2.03. The number of ether oxygens (including phenoxy) is 1. The standard InChI is InChI=1S/C15H21N5OSi/c1-22(2,3)7-6-21-11-20-5-4-13-14(12(8-16)9-17)18-10-19-15(13)20/h4-5,8,10H,6-7,11,16H2,1-3H3/b12-8-. The largest absolute Gasteiger partial charge is 0.403 e. The highest BCUT2D eigenvalue weighted by Gasteiger charge is 2.13. The average Bonchev–Trinajstić information content (AvgIpc) is 2.88. The lowest BCUT2D eigenvalue weighted by Crippen LogP contribution is -2.22. The Hall–Kier alpha value is -2.17. The minimum absolute atomic E-state index is 0.338. The second-order valence-corrected chi connectivity index (χ2v) is 11.9. The van der Waals surface area contributed by atoms with Crippen molar-refractivity contribution in [3.05, 3.63) is 30.5 Å². The summed E-state index contributed by atoms with van der Waals surface area (Å²) in [6.45, 7) is 8.16. The number of nitrogens with zero attached hydrogens (tertiary/aromatic N) is 4. The van der Waals surface area contributed by atoms with Crippen LogP contribution in [0, 0.1) is 11.3 Å². The minimum Gasteiger partial charge on any atom is -0.403 e. The molecule has 0 bridgehead atoms. The van der Waals surface area contributed by atoms with Crippen LogP contribution in [0.5, 0.6) is 0 Å². The third kappa shape index (κ3) is 3.72. The zero-order valence-corrected chi connectivity index (χ0v) is 14.2. The first kappa shape index (κ1) is 16.2. The van der Waals surface area contributed by atoms with Gasteiger partial charge in [-0.15, -0.1) is 0 Å². The number of rotatable bonds is 6. The zero-order valence-electron chi connectivity index (χ0n) is 13.2. The number of aromatic nitrogens is 3. The Bertz CT molecular complexity index is 724. The molecule has 22 heavy (non-hydrogen) atoms. The smallest absolute Gasteiger partial charge is 0.145 e. The summed E-state index contributed by atoms with van der Waals surface area (Å²) >= 11 is 0. The van der Waals surface area contributed by atoms with Gasteiger partial charge in [0.05, 0.1) is 11.3 Å². The molecule has 0 aromatic carbocycles. The molecule has 0 atom stereocenters. The average molecular weight is 315 g/mol. The van der Waals surface area contributed by atoms with Crippen LogP contribution in [0.4, 0.5) is 0 Å². The van der Waals surface area contributed by atoms with E-state index in [1.165, 1.54) is 12.5 Å². The molecule has 0 saturated carbocycles. The van der Waals surface area contributed by atoms with Crippen LogP contribution >= 0.6 is 0 Å². The molecule has 0 unspecified atom stereocenters. The molecule has 0 aliphatic rings. The Morgan fingerprint density at radius 1 is 1.45 bits per heavy atom. The van der Waals surface area contributed by atoms with Crippen LogP contribution in [-0.2, 0) is 11.5 Å². The highest BCUT2D eigenvalue weighted by Crippen LogP contribution is 2.21. The molecule has 0 aliphatic heterocycles. The van der Waals surface area contributed by atoms with E-state index in [1.807, 2.05) is 22.9 Å². The predicted molar refractivity (Wildman–Crippen MR) is 89.4 cm³/mol. The third-order valence-corrected chi connectivity index (χ3v) is 5.03. The molecule has 0 spiro atoms. The van der Waals surface area contributed by atoms with Crippen LogP contribution in [0.25, 0.3) is 16.6 Å². The molecule has 7 heteroatoms. The van der Waals surface area contributed by atoms with Crippen LogP contribution in [0.1, 0.15) is 5.69 Å². The Morgan fingerprint density at radius 2 is 2.23 bits per heavy atom. The van der Waals surface area contributed by atoms with Gasteiger partial charge < -0.3 is 15.0 Å². The quantitative estimate of drug-likeness (QED) is 0.502. The van der Waals surface area contributed by atoms with Gasteiger partial charge in [-0.1, -0.05) is 19.6 Å². The highest BCUT2D eigenvalue weighted by molar-refractivity contribution is 6.76. The first-order valence-corrected chi connectivity index (χ1v) is 10.9. The van der Waals surface area contributed by atoms with E-state index in [2.05, 4.69) is 29.6 Å². The molecule has 0 radical (unpaired) electrons. The minimum atomic E-state index is -1.08. The number of hydrogen-bond acceptors (Lipinski definition) is 5. The number of nitriles is 1. The summed E-state index contributed by atoms with van der Waals surface area (Å²) in [5.41, 5.74) is 7.11. The van der Waals surface area contributed by atoms with Crippen LogP contribution in [0.15, 0.2) is 24.8 Å². The molecule has 2 rings (SSSR count). The first-order chi connectivity index (χ1) is 10.5. The van der Waals surface area contributed by atoms with Crippen LogP contribution in [0.2, 0.25) is 25.7 Å². The van der Waals surface area contributed by atoms with Crippen molar-refractivity contribution >= 4 is 24.7 Å². The number of allylic oxidation sites excluding steroid dienone is 1. The van der Waals surface area contributed by atoms with E-state index in [1.54, 1.807) is 0 Å². The van der Waals surface area contributed by atoms with Gasteiger partial charge >= 0.3 is 0 Å². The number of nitrogens with two attached hydrogens (primary N) is 1. The molecular weight excluding hydrogens is 294 g/mol. The van der Waals surface area contributed by atoms with Gasteiger partial charge in [-0.3, -0.25) is 0 Å². The second-order valence-electron chi connectivity index (χ2n) is 6.29. The van der Waals surface area contributed by atoms with E-state index >= 15 is 0 Å². The number of fused-ring (bicyclic) bond motifs is 1. The lowest BCUT2D eigenvalue weighted by atomic mass is 10.1. The topological polar surface area (TPSA) is 89.8 Å². The fraction of sp³-hybridized carbons (Fsp3) is 0.400. The van der Waals surface area contributed by atoms with Crippen molar-refractivity contribution in [2.75, 3.05) is 6.61 Å². The van der Waals surface area contributed by atoms with Crippen molar-refractivity contribution in [1.82, 2.24) is 14.5 Å². The summed E-state index contributed by atoms with van der Waals surface area (Å²) in [7, 11) is -1.08. The maximum Gasteiger partial charge on any atom is 0.145 e.